The van der Waals surface area contributed by atoms with E-state index in [2.05, 4.69) is 26.4 Å². The van der Waals surface area contributed by atoms with Gasteiger partial charge in [0, 0.05) is 16.9 Å². The molecule has 48 heavy (non-hydrogen) atoms. The topological polar surface area (TPSA) is 187 Å². The molecule has 0 atom stereocenters. The summed E-state index contributed by atoms with van der Waals surface area (Å²) in [5.74, 6) is -2.60. The second-order valence-electron chi connectivity index (χ2n) is 10.5. The van der Waals surface area contributed by atoms with Crippen LogP contribution in [0.3, 0.4) is 0 Å². The van der Waals surface area contributed by atoms with Crippen LogP contribution >= 0.6 is 0 Å². The lowest BCUT2D eigenvalue weighted by molar-refractivity contribution is -0.134. The number of carboxylic acids is 1. The van der Waals surface area contributed by atoms with E-state index in [0.29, 0.717) is 22.6 Å². The standard InChI is InChI=1S/C35H25N5O7S/c41-31-17-16-28(20-30(31)35(43)44)39-37-25-11-6-21(7-12-25)22-8-13-26(14-9-22)38-40-33-32(48(45,46)47)18-23-10-15-27(19-29(23)34(33)42)36-24-4-2-1-3-5-24/h1-20,36-38H,(H,43,44)(H,45,46,47). The van der Waals surface area contributed by atoms with Gasteiger partial charge in [-0.3, -0.25) is 25.0 Å². The first-order chi connectivity index (χ1) is 23.0. The first kappa shape index (κ1) is 31.5. The molecule has 6 rings (SSSR count). The number of aliphatic carboxylic acids is 1. The second-order valence-corrected chi connectivity index (χ2v) is 11.9. The molecule has 0 unspecified atom stereocenters. The number of carboxylic acid groups (broad SMARTS) is 1. The van der Waals surface area contributed by atoms with Gasteiger partial charge in [0.15, 0.2) is 11.5 Å². The van der Waals surface area contributed by atoms with Crippen LogP contribution in [0.4, 0.5) is 22.7 Å². The van der Waals surface area contributed by atoms with Crippen LogP contribution in [-0.2, 0) is 19.7 Å². The number of hydrogen-bond acceptors (Lipinski definition) is 10. The Morgan fingerprint density at radius 1 is 0.688 bits per heavy atom. The van der Waals surface area contributed by atoms with E-state index in [1.54, 1.807) is 54.6 Å². The molecule has 0 radical (unpaired) electrons. The van der Waals surface area contributed by atoms with Gasteiger partial charge in [0.2, 0.25) is 5.78 Å². The average molecular weight is 660 g/mol. The van der Waals surface area contributed by atoms with Crippen molar-refractivity contribution in [2.24, 2.45) is 10.2 Å². The summed E-state index contributed by atoms with van der Waals surface area (Å²) in [4.78, 5) is 35.7. The number of para-hydroxylation sites is 1. The number of ketones is 2. The van der Waals surface area contributed by atoms with Crippen molar-refractivity contribution in [1.82, 2.24) is 0 Å². The predicted molar refractivity (Wildman–Crippen MR) is 184 cm³/mol. The minimum absolute atomic E-state index is 0.218. The van der Waals surface area contributed by atoms with E-state index >= 15 is 0 Å². The summed E-state index contributed by atoms with van der Waals surface area (Å²) in [5.41, 5.74) is 9.76. The van der Waals surface area contributed by atoms with Gasteiger partial charge in [-0.15, -0.1) is 0 Å². The number of benzene rings is 4. The summed E-state index contributed by atoms with van der Waals surface area (Å²) in [6, 6.07) is 28.4. The number of Topliss-reactive ketones (excluding diaryl/α,β-unsaturated/α-hetero) is 1. The summed E-state index contributed by atoms with van der Waals surface area (Å²) in [7, 11) is -4.78. The number of carbonyl (C=O) groups excluding carboxylic acids is 2. The number of anilines is 4. The van der Waals surface area contributed by atoms with E-state index in [1.165, 1.54) is 18.2 Å². The highest BCUT2D eigenvalue weighted by molar-refractivity contribution is 7.91. The van der Waals surface area contributed by atoms with Crippen LogP contribution < -0.4 is 16.2 Å². The fourth-order valence-corrected chi connectivity index (χ4v) is 5.53. The van der Waals surface area contributed by atoms with E-state index in [4.69, 9.17) is 5.11 Å². The Bertz CT molecular complexity index is 2220. The zero-order valence-electron chi connectivity index (χ0n) is 24.8. The number of rotatable bonds is 9. The van der Waals surface area contributed by atoms with Crippen LogP contribution in [0.5, 0.6) is 0 Å². The molecule has 4 aromatic carbocycles. The van der Waals surface area contributed by atoms with E-state index in [-0.39, 0.29) is 16.8 Å². The number of hydrazone groups is 2. The molecule has 2 aliphatic rings. The largest absolute Gasteiger partial charge is 0.478 e. The number of fused-ring (bicyclic) bond motifs is 1. The van der Waals surface area contributed by atoms with Crippen molar-refractivity contribution in [3.63, 3.8) is 0 Å². The Morgan fingerprint density at radius 2 is 1.29 bits per heavy atom. The van der Waals surface area contributed by atoms with Gasteiger partial charge in [0.25, 0.3) is 10.1 Å². The van der Waals surface area contributed by atoms with Gasteiger partial charge in [0.05, 0.1) is 17.1 Å². The fraction of sp³-hybridized carbons (Fsp3) is 0. The third kappa shape index (κ3) is 7.02. The predicted octanol–water partition coefficient (Wildman–Crippen LogP) is 5.91. The molecule has 0 heterocycles. The maximum Gasteiger partial charge on any atom is 0.339 e. The van der Waals surface area contributed by atoms with Crippen LogP contribution in [0.15, 0.2) is 136 Å². The van der Waals surface area contributed by atoms with Gasteiger partial charge in [-0.2, -0.15) is 18.6 Å². The molecule has 5 N–H and O–H groups in total. The molecule has 13 heteroatoms. The first-order valence-electron chi connectivity index (χ1n) is 14.3. The summed E-state index contributed by atoms with van der Waals surface area (Å²) < 4.78 is 34.4. The average Bonchev–Trinajstić information content (AvgIpc) is 3.08. The van der Waals surface area contributed by atoms with E-state index < -0.39 is 38.3 Å². The van der Waals surface area contributed by atoms with Crippen LogP contribution in [0.25, 0.3) is 17.2 Å². The van der Waals surface area contributed by atoms with Crippen molar-refractivity contribution in [3.8, 4) is 11.1 Å². The van der Waals surface area contributed by atoms with Gasteiger partial charge >= 0.3 is 5.97 Å². The number of hydrogen-bond donors (Lipinski definition) is 5. The monoisotopic (exact) mass is 659 g/mol. The Hall–Kier alpha value is -6.44. The van der Waals surface area contributed by atoms with E-state index in [0.717, 1.165) is 22.9 Å². The Labute approximate surface area is 274 Å². The lowest BCUT2D eigenvalue weighted by atomic mass is 9.94. The van der Waals surface area contributed by atoms with Crippen molar-refractivity contribution in [3.05, 3.63) is 137 Å². The molecular weight excluding hydrogens is 634 g/mol. The molecule has 0 amide bonds. The van der Waals surface area contributed by atoms with Crippen LogP contribution in [-0.4, -0.2) is 47.0 Å². The van der Waals surface area contributed by atoms with Crippen LogP contribution in [0.1, 0.15) is 15.9 Å². The highest BCUT2D eigenvalue weighted by Crippen LogP contribution is 2.30. The minimum Gasteiger partial charge on any atom is -0.478 e. The second kappa shape index (κ2) is 13.1. The smallest absolute Gasteiger partial charge is 0.339 e. The molecule has 12 nitrogen and oxygen atoms in total. The number of nitrogens with zero attached hydrogens (tertiary/aromatic N) is 2. The molecule has 0 saturated heterocycles. The van der Waals surface area contributed by atoms with Crippen LogP contribution in [0.2, 0.25) is 0 Å². The molecule has 0 saturated carbocycles. The number of carbonyl (C=O) groups is 3. The molecular formula is C35H25N5O7S. The third-order valence-corrected chi connectivity index (χ3v) is 8.15. The van der Waals surface area contributed by atoms with Crippen molar-refractivity contribution in [2.75, 3.05) is 16.2 Å². The highest BCUT2D eigenvalue weighted by atomic mass is 32.2. The van der Waals surface area contributed by atoms with E-state index in [1.807, 2.05) is 42.5 Å². The van der Waals surface area contributed by atoms with Crippen molar-refractivity contribution in [2.45, 2.75) is 0 Å². The SMILES string of the molecule is O=C(O)C1=CC(=NNc2ccc(-c3ccc(NN=C4C(=O)c5cc(Nc6ccccc6)ccc5C=C4S(=O)(=O)O)cc3)cc2)C=CC1=O. The fourth-order valence-electron chi connectivity index (χ4n) is 4.87. The molecule has 0 fully saturated rings. The van der Waals surface area contributed by atoms with Crippen LogP contribution in [0, 0.1) is 0 Å². The molecule has 0 spiro atoms. The Balaban J connectivity index is 1.16. The van der Waals surface area contributed by atoms with Gasteiger partial charge in [-0.1, -0.05) is 48.5 Å². The summed E-state index contributed by atoms with van der Waals surface area (Å²) in [5, 5.41) is 20.6. The van der Waals surface area contributed by atoms with Crippen molar-refractivity contribution in [1.29, 1.82) is 0 Å². The molecule has 2 aliphatic carbocycles. The third-order valence-electron chi connectivity index (χ3n) is 7.28. The zero-order valence-corrected chi connectivity index (χ0v) is 25.6. The normalized spacial score (nSPS) is 15.9. The van der Waals surface area contributed by atoms with Gasteiger partial charge < -0.3 is 10.4 Å². The lowest BCUT2D eigenvalue weighted by Crippen LogP contribution is -2.27. The number of nitrogens with one attached hydrogen (secondary N) is 3. The zero-order chi connectivity index (χ0) is 33.8. The molecule has 0 aromatic heterocycles. The first-order valence-corrected chi connectivity index (χ1v) is 15.7. The number of allylic oxidation sites excluding steroid dienone is 4. The minimum atomic E-state index is -4.78. The highest BCUT2D eigenvalue weighted by Gasteiger charge is 2.33. The molecule has 0 bridgehead atoms. The molecule has 238 valence electrons. The van der Waals surface area contributed by atoms with Gasteiger partial charge in [0.1, 0.15) is 10.5 Å². The van der Waals surface area contributed by atoms with Gasteiger partial charge in [-0.05, 0) is 89.5 Å². The van der Waals surface area contributed by atoms with Gasteiger partial charge in [-0.25, -0.2) is 4.79 Å². The maximum atomic E-state index is 13.5. The summed E-state index contributed by atoms with van der Waals surface area (Å²) in [6.07, 6.45) is 4.97. The quantitative estimate of drug-likeness (QED) is 0.0626. The van der Waals surface area contributed by atoms with Crippen molar-refractivity contribution < 1.29 is 32.5 Å². The summed E-state index contributed by atoms with van der Waals surface area (Å²) in [6.45, 7) is 0. The molecule has 4 aromatic rings. The Kier molecular flexibility index (Phi) is 8.62. The van der Waals surface area contributed by atoms with Crippen molar-refractivity contribution >= 4 is 67.9 Å². The molecule has 0 aliphatic heterocycles. The summed E-state index contributed by atoms with van der Waals surface area (Å²) >= 11 is 0. The maximum absolute atomic E-state index is 13.5. The lowest BCUT2D eigenvalue weighted by Gasteiger charge is -2.17. The van der Waals surface area contributed by atoms with E-state index in [9.17, 15) is 27.4 Å². The Morgan fingerprint density at radius 3 is 1.90 bits per heavy atom.